The molecule has 0 fully saturated rings. The van der Waals surface area contributed by atoms with Gasteiger partial charge in [0.05, 0.1) is 13.5 Å². The van der Waals surface area contributed by atoms with Crippen molar-refractivity contribution in [1.82, 2.24) is 0 Å². The maximum atomic E-state index is 11.8. The molecule has 4 nitrogen and oxygen atoms in total. The predicted molar refractivity (Wildman–Crippen MR) is 75.2 cm³/mol. The van der Waals surface area contributed by atoms with E-state index in [0.29, 0.717) is 19.4 Å². The van der Waals surface area contributed by atoms with Crippen LogP contribution in [0.25, 0.3) is 0 Å². The van der Waals surface area contributed by atoms with Crippen LogP contribution in [-0.2, 0) is 20.8 Å². The van der Waals surface area contributed by atoms with E-state index < -0.39 is 0 Å². The van der Waals surface area contributed by atoms with E-state index in [1.165, 1.54) is 12.7 Å². The zero-order chi connectivity index (χ0) is 13.7. The van der Waals surface area contributed by atoms with Gasteiger partial charge in [-0.05, 0) is 12.2 Å². The Labute approximate surface area is 140 Å². The molecule has 0 spiro atoms. The van der Waals surface area contributed by atoms with Gasteiger partial charge < -0.3 is 33.5 Å². The van der Waals surface area contributed by atoms with Gasteiger partial charge in [-0.2, -0.15) is 4.58 Å². The maximum absolute atomic E-state index is 11.8. The second-order valence-corrected chi connectivity index (χ2v) is 4.49. The number of esters is 1. The molecule has 0 N–H and O–H groups in total. The normalized spacial score (nSPS) is 17.4. The number of halogens is 1. The summed E-state index contributed by atoms with van der Waals surface area (Å²) in [5, 5.41) is 0. The second kappa shape index (κ2) is 8.31. The van der Waals surface area contributed by atoms with Crippen LogP contribution in [0.5, 0.6) is 0 Å². The van der Waals surface area contributed by atoms with Gasteiger partial charge in [0.15, 0.2) is 12.1 Å². The monoisotopic (exact) mass is 405 g/mol. The third-order valence-corrected chi connectivity index (χ3v) is 3.28. The fourth-order valence-electron chi connectivity index (χ4n) is 2.28. The topological polar surface area (TPSA) is 38.5 Å². The van der Waals surface area contributed by atoms with E-state index >= 15 is 0 Å². The fourth-order valence-corrected chi connectivity index (χ4v) is 2.39. The van der Waals surface area contributed by atoms with Gasteiger partial charge in [0, 0.05) is 12.0 Å². The summed E-state index contributed by atoms with van der Waals surface area (Å²) >= 11 is 4.73. The van der Waals surface area contributed by atoms with E-state index in [-0.39, 0.29) is 36.0 Å². The molecular formula is C14H16INO3S. The summed E-state index contributed by atoms with van der Waals surface area (Å²) in [4.78, 5) is 11.8. The Morgan fingerprint density at radius 3 is 2.75 bits per heavy atom. The molecule has 1 aromatic carbocycles. The highest BCUT2D eigenvalue weighted by atomic mass is 127. The minimum atomic E-state index is -0.296. The van der Waals surface area contributed by atoms with Crippen molar-refractivity contribution in [3.05, 3.63) is 35.9 Å². The molecule has 0 radical (unpaired) electrons. The molecule has 1 aliphatic rings. The number of nitrogens with zero attached hydrogens (tertiary/aromatic N) is 1. The first-order chi connectivity index (χ1) is 9.26. The van der Waals surface area contributed by atoms with E-state index in [4.69, 9.17) is 21.7 Å². The zero-order valence-corrected chi connectivity index (χ0v) is 14.1. The van der Waals surface area contributed by atoms with Crippen molar-refractivity contribution in [2.45, 2.75) is 25.4 Å². The molecule has 0 amide bonds. The van der Waals surface area contributed by atoms with Crippen LogP contribution in [0.4, 0.5) is 0 Å². The number of hydrogen-bond donors (Lipinski definition) is 0. The lowest BCUT2D eigenvalue weighted by Crippen LogP contribution is -3.00. The molecule has 6 heteroatoms. The van der Waals surface area contributed by atoms with Crippen LogP contribution in [-0.4, -0.2) is 35.1 Å². The summed E-state index contributed by atoms with van der Waals surface area (Å²) < 4.78 is 12.1. The van der Waals surface area contributed by atoms with Gasteiger partial charge in [0.1, 0.15) is 0 Å². The lowest BCUT2D eigenvalue weighted by Gasteiger charge is -2.09. The van der Waals surface area contributed by atoms with Crippen LogP contribution >= 0.6 is 12.2 Å². The third-order valence-electron chi connectivity index (χ3n) is 3.18. The molecule has 1 heterocycles. The highest BCUT2D eigenvalue weighted by Gasteiger charge is 2.40. The SMILES string of the molecule is COC(=O)[C@@H]1CCC(OC=S)=[N+]1Cc1ccccc1.[I-]. The number of ether oxygens (including phenoxy) is 2. The van der Waals surface area contributed by atoms with Crippen molar-refractivity contribution in [3.63, 3.8) is 0 Å². The molecule has 0 aromatic heterocycles. The minimum Gasteiger partial charge on any atom is -1.00 e. The van der Waals surface area contributed by atoms with Crippen molar-refractivity contribution >= 4 is 29.6 Å². The maximum Gasteiger partial charge on any atom is 0.375 e. The first kappa shape index (κ1) is 17.0. The van der Waals surface area contributed by atoms with Gasteiger partial charge in [-0.25, -0.2) is 4.79 Å². The molecule has 108 valence electrons. The molecule has 1 atom stereocenters. The molecule has 0 aliphatic carbocycles. The molecule has 20 heavy (non-hydrogen) atoms. The number of rotatable bonds is 4. The molecular weight excluding hydrogens is 389 g/mol. The Morgan fingerprint density at radius 1 is 1.45 bits per heavy atom. The van der Waals surface area contributed by atoms with Crippen molar-refractivity contribution in [2.24, 2.45) is 0 Å². The lowest BCUT2D eigenvalue weighted by molar-refractivity contribution is -0.568. The van der Waals surface area contributed by atoms with Crippen molar-refractivity contribution in [3.8, 4) is 0 Å². The molecule has 0 saturated carbocycles. The van der Waals surface area contributed by atoms with E-state index in [2.05, 4.69) is 0 Å². The molecule has 0 unspecified atom stereocenters. The molecule has 1 aromatic rings. The predicted octanol–water partition coefficient (Wildman–Crippen LogP) is -1.09. The van der Waals surface area contributed by atoms with Crippen molar-refractivity contribution < 1.29 is 42.8 Å². The smallest absolute Gasteiger partial charge is 0.375 e. The third kappa shape index (κ3) is 3.99. The Kier molecular flexibility index (Phi) is 7.08. The van der Waals surface area contributed by atoms with Gasteiger partial charge in [-0.15, -0.1) is 0 Å². The van der Waals surface area contributed by atoms with E-state index in [1.807, 2.05) is 34.9 Å². The summed E-state index contributed by atoms with van der Waals surface area (Å²) in [5.74, 6) is 0.494. The van der Waals surface area contributed by atoms with Crippen LogP contribution in [0.15, 0.2) is 30.3 Å². The van der Waals surface area contributed by atoms with Crippen LogP contribution in [0.3, 0.4) is 0 Å². The van der Waals surface area contributed by atoms with Gasteiger partial charge in [0.25, 0.3) is 6.04 Å². The van der Waals surface area contributed by atoms with Crippen molar-refractivity contribution in [1.29, 1.82) is 0 Å². The number of benzene rings is 1. The molecule has 1 aliphatic heterocycles. The van der Waals surface area contributed by atoms with Crippen LogP contribution in [0.1, 0.15) is 18.4 Å². The summed E-state index contributed by atoms with van der Waals surface area (Å²) in [6.45, 7) is 0.610. The lowest BCUT2D eigenvalue weighted by atomic mass is 10.2. The Hall–Kier alpha value is -1.02. The summed E-state index contributed by atoms with van der Waals surface area (Å²) in [6.07, 6.45) is 1.39. The molecule has 0 bridgehead atoms. The standard InChI is InChI=1S/C14H16NO3S.HI/c1-17-14(16)12-7-8-13(18-10-19)15(12)9-11-5-3-2-4-6-11;/h2-6,10,12H,7-9H2,1H3;1H/q+1;/p-1/t12-;/m0./s1. The van der Waals surface area contributed by atoms with Crippen LogP contribution in [0.2, 0.25) is 0 Å². The fraction of sp³-hybridized carbons (Fsp3) is 0.357. The number of thiocarbonyl (C=S) groups is 1. The number of hydrogen-bond acceptors (Lipinski definition) is 4. The van der Waals surface area contributed by atoms with E-state index in [0.717, 1.165) is 11.5 Å². The first-order valence-electron chi connectivity index (χ1n) is 6.10. The van der Waals surface area contributed by atoms with Gasteiger partial charge in [-0.1, -0.05) is 30.3 Å². The summed E-state index contributed by atoms with van der Waals surface area (Å²) in [7, 11) is 1.40. The van der Waals surface area contributed by atoms with Crippen LogP contribution < -0.4 is 24.0 Å². The molecule has 0 saturated heterocycles. The number of methoxy groups -OCH3 is 1. The van der Waals surface area contributed by atoms with E-state index in [9.17, 15) is 4.79 Å². The summed E-state index contributed by atoms with van der Waals surface area (Å²) in [5.41, 5.74) is 2.34. The average Bonchev–Trinajstić information content (AvgIpc) is 2.83. The van der Waals surface area contributed by atoms with Gasteiger partial charge in [-0.3, -0.25) is 0 Å². The Balaban J connectivity index is 0.00000200. The Bertz CT molecular complexity index is 504. The molecule has 2 rings (SSSR count). The average molecular weight is 405 g/mol. The van der Waals surface area contributed by atoms with Crippen molar-refractivity contribution in [2.75, 3.05) is 7.11 Å². The highest BCUT2D eigenvalue weighted by Crippen LogP contribution is 2.18. The minimum absolute atomic E-state index is 0. The number of carbonyl (C=O) groups is 1. The summed E-state index contributed by atoms with van der Waals surface area (Å²) in [6, 6.07) is 9.64. The van der Waals surface area contributed by atoms with Gasteiger partial charge in [0.2, 0.25) is 0 Å². The zero-order valence-electron chi connectivity index (χ0n) is 11.1. The van der Waals surface area contributed by atoms with Crippen LogP contribution in [0, 0.1) is 0 Å². The first-order valence-corrected chi connectivity index (χ1v) is 6.58. The largest absolute Gasteiger partial charge is 1.00 e. The van der Waals surface area contributed by atoms with E-state index in [1.54, 1.807) is 0 Å². The number of carbonyl (C=O) groups excluding carboxylic acids is 1. The highest BCUT2D eigenvalue weighted by molar-refractivity contribution is 7.78. The second-order valence-electron chi connectivity index (χ2n) is 4.30. The van der Waals surface area contributed by atoms with Gasteiger partial charge >= 0.3 is 11.9 Å². The quantitative estimate of drug-likeness (QED) is 0.276. The Morgan fingerprint density at radius 2 is 2.15 bits per heavy atom.